The van der Waals surface area contributed by atoms with Crippen LogP contribution >= 0.6 is 35.1 Å². The molecular formula is C16H16ClNO6S2. The summed E-state index contributed by atoms with van der Waals surface area (Å²) in [6, 6.07) is 5.01. The Morgan fingerprint density at radius 2 is 1.81 bits per heavy atom. The van der Waals surface area contributed by atoms with Crippen molar-refractivity contribution in [2.24, 2.45) is 0 Å². The molecule has 0 aliphatic carbocycles. The van der Waals surface area contributed by atoms with Crippen molar-refractivity contribution in [3.05, 3.63) is 34.5 Å². The third-order valence-corrected chi connectivity index (χ3v) is 6.19. The summed E-state index contributed by atoms with van der Waals surface area (Å²) >= 11 is 8.13. The molecule has 0 fully saturated rings. The summed E-state index contributed by atoms with van der Waals surface area (Å²) in [5.74, 6) is -3.15. The molecule has 0 amide bonds. The lowest BCUT2D eigenvalue weighted by Crippen LogP contribution is -2.11. The quantitative estimate of drug-likeness (QED) is 0.418. The number of aromatic amines is 1. The van der Waals surface area contributed by atoms with Gasteiger partial charge >= 0.3 is 17.9 Å². The van der Waals surface area contributed by atoms with Gasteiger partial charge in [0.15, 0.2) is 0 Å². The number of carbonyl (C=O) groups excluding carboxylic acids is 1. The van der Waals surface area contributed by atoms with Crippen molar-refractivity contribution in [1.29, 1.82) is 0 Å². The van der Waals surface area contributed by atoms with Crippen LogP contribution in [0.25, 0.3) is 10.9 Å². The van der Waals surface area contributed by atoms with Crippen LogP contribution in [0.15, 0.2) is 18.2 Å². The van der Waals surface area contributed by atoms with Gasteiger partial charge in [-0.15, -0.1) is 23.5 Å². The first-order valence-electron chi connectivity index (χ1n) is 7.48. The molecule has 0 bridgehead atoms. The number of carboxylic acids is 2. The maximum atomic E-state index is 12.4. The Hall–Kier alpha value is -1.84. The molecule has 0 saturated carbocycles. The van der Waals surface area contributed by atoms with Gasteiger partial charge in [0.25, 0.3) is 0 Å². The van der Waals surface area contributed by atoms with E-state index >= 15 is 0 Å². The van der Waals surface area contributed by atoms with E-state index in [1.165, 1.54) is 0 Å². The number of thioether (sulfide) groups is 2. The predicted octanol–water partition coefficient (Wildman–Crippen LogP) is 3.63. The number of carbonyl (C=O) groups is 3. The van der Waals surface area contributed by atoms with Crippen molar-refractivity contribution in [2.45, 2.75) is 11.5 Å². The Bertz CT molecular complexity index is 819. The zero-order valence-electron chi connectivity index (χ0n) is 13.7. The number of hydrogen-bond donors (Lipinski definition) is 3. The van der Waals surface area contributed by atoms with Crippen molar-refractivity contribution in [1.82, 2.24) is 4.98 Å². The number of ether oxygens (including phenoxy) is 1. The molecule has 0 saturated heterocycles. The number of rotatable bonds is 9. The van der Waals surface area contributed by atoms with Crippen LogP contribution in [0, 0.1) is 0 Å². The SMILES string of the molecule is CCOC(=O)c1[nH]c2ccc(Cl)cc2c1C(SCC(=O)O)SCC(=O)O. The van der Waals surface area contributed by atoms with E-state index in [1.807, 2.05) is 0 Å². The fourth-order valence-corrected chi connectivity index (χ4v) is 4.68. The fourth-order valence-electron chi connectivity index (χ4n) is 2.30. The number of H-pyrrole nitrogens is 1. The largest absolute Gasteiger partial charge is 0.481 e. The Kier molecular flexibility index (Phi) is 7.24. The molecule has 0 radical (unpaired) electrons. The highest BCUT2D eigenvalue weighted by Gasteiger charge is 2.27. The second-order valence-electron chi connectivity index (χ2n) is 5.07. The molecule has 0 atom stereocenters. The molecule has 26 heavy (non-hydrogen) atoms. The summed E-state index contributed by atoms with van der Waals surface area (Å²) in [6.45, 7) is 1.84. The van der Waals surface area contributed by atoms with Crippen LogP contribution in [0.4, 0.5) is 0 Å². The van der Waals surface area contributed by atoms with Gasteiger partial charge < -0.3 is 19.9 Å². The van der Waals surface area contributed by atoms with Gasteiger partial charge in [0.2, 0.25) is 0 Å². The summed E-state index contributed by atoms with van der Waals surface area (Å²) in [7, 11) is 0. The molecule has 0 aliphatic rings. The topological polar surface area (TPSA) is 117 Å². The predicted molar refractivity (Wildman–Crippen MR) is 102 cm³/mol. The fraction of sp³-hybridized carbons (Fsp3) is 0.312. The molecule has 0 spiro atoms. The number of aliphatic carboxylic acids is 2. The van der Waals surface area contributed by atoms with Gasteiger partial charge in [-0.05, 0) is 25.1 Å². The molecule has 10 heteroatoms. The average Bonchev–Trinajstić information content (AvgIpc) is 2.93. The molecule has 1 heterocycles. The molecule has 2 rings (SSSR count). The minimum atomic E-state index is -1.04. The lowest BCUT2D eigenvalue weighted by molar-refractivity contribution is -0.134. The number of benzene rings is 1. The Morgan fingerprint density at radius 3 is 2.35 bits per heavy atom. The molecular weight excluding hydrogens is 402 g/mol. The van der Waals surface area contributed by atoms with Crippen LogP contribution in [-0.4, -0.2) is 51.2 Å². The summed E-state index contributed by atoms with van der Waals surface area (Å²) in [6.07, 6.45) is 0. The van der Waals surface area contributed by atoms with E-state index in [0.29, 0.717) is 21.5 Å². The van der Waals surface area contributed by atoms with Gasteiger partial charge in [-0.25, -0.2) is 4.79 Å². The number of aromatic nitrogens is 1. The summed E-state index contributed by atoms with van der Waals surface area (Å²) in [5.41, 5.74) is 1.28. The first kappa shape index (κ1) is 20.5. The monoisotopic (exact) mass is 417 g/mol. The van der Waals surface area contributed by atoms with E-state index in [9.17, 15) is 14.4 Å². The van der Waals surface area contributed by atoms with Crippen molar-refractivity contribution in [2.75, 3.05) is 18.1 Å². The van der Waals surface area contributed by atoms with Gasteiger partial charge in [-0.2, -0.15) is 0 Å². The van der Waals surface area contributed by atoms with Crippen LogP contribution < -0.4 is 0 Å². The summed E-state index contributed by atoms with van der Waals surface area (Å²) in [4.78, 5) is 37.3. The smallest absolute Gasteiger partial charge is 0.355 e. The van der Waals surface area contributed by atoms with E-state index in [1.54, 1.807) is 25.1 Å². The van der Waals surface area contributed by atoms with Gasteiger partial charge in [-0.1, -0.05) is 11.6 Å². The van der Waals surface area contributed by atoms with Gasteiger partial charge in [-0.3, -0.25) is 9.59 Å². The van der Waals surface area contributed by atoms with Crippen molar-refractivity contribution >= 4 is 63.9 Å². The van der Waals surface area contributed by atoms with Gasteiger partial charge in [0.1, 0.15) is 5.69 Å². The van der Waals surface area contributed by atoms with Crippen LogP contribution in [0.5, 0.6) is 0 Å². The van der Waals surface area contributed by atoms with Gasteiger partial charge in [0.05, 0.1) is 22.7 Å². The highest BCUT2D eigenvalue weighted by atomic mass is 35.5. The van der Waals surface area contributed by atoms with Gasteiger partial charge in [0, 0.05) is 21.5 Å². The van der Waals surface area contributed by atoms with Crippen molar-refractivity contribution in [3.63, 3.8) is 0 Å². The number of halogens is 1. The summed E-state index contributed by atoms with van der Waals surface area (Å²) in [5, 5.41) is 19.1. The van der Waals surface area contributed by atoms with E-state index < -0.39 is 22.5 Å². The second kappa shape index (κ2) is 9.20. The van der Waals surface area contributed by atoms with E-state index in [2.05, 4.69) is 4.98 Å². The van der Waals surface area contributed by atoms with Crippen LogP contribution in [0.2, 0.25) is 5.02 Å². The van der Waals surface area contributed by atoms with Crippen molar-refractivity contribution < 1.29 is 29.3 Å². The maximum absolute atomic E-state index is 12.4. The average molecular weight is 418 g/mol. The molecule has 2 aromatic rings. The summed E-state index contributed by atoms with van der Waals surface area (Å²) < 4.78 is 4.47. The van der Waals surface area contributed by atoms with Crippen molar-refractivity contribution in [3.8, 4) is 0 Å². The second-order valence-corrected chi connectivity index (χ2v) is 7.99. The first-order chi connectivity index (χ1) is 12.3. The molecule has 0 aliphatic heterocycles. The number of nitrogens with one attached hydrogen (secondary N) is 1. The number of hydrogen-bond acceptors (Lipinski definition) is 6. The third-order valence-electron chi connectivity index (χ3n) is 3.23. The number of fused-ring (bicyclic) bond motifs is 1. The van der Waals surface area contributed by atoms with Crippen LogP contribution in [-0.2, 0) is 14.3 Å². The highest BCUT2D eigenvalue weighted by Crippen LogP contribution is 2.44. The molecule has 7 nitrogen and oxygen atoms in total. The van der Waals surface area contributed by atoms with E-state index in [0.717, 1.165) is 23.5 Å². The lowest BCUT2D eigenvalue weighted by atomic mass is 10.1. The minimum absolute atomic E-state index is 0.170. The number of carboxylic acid groups (broad SMARTS) is 2. The molecule has 0 unspecified atom stereocenters. The standard InChI is InChI=1S/C16H16ClNO6S2/c1-2-24-15(23)14-13(9-5-8(17)3-4-10(9)18-14)16(25-6-11(19)20)26-7-12(21)22/h3-5,16,18H,2,6-7H2,1H3,(H,19,20)(H,21,22). The van der Waals surface area contributed by atoms with E-state index in [4.69, 9.17) is 26.6 Å². The number of esters is 1. The first-order valence-corrected chi connectivity index (χ1v) is 9.96. The normalized spacial score (nSPS) is 11.0. The Morgan fingerprint density at radius 1 is 1.19 bits per heavy atom. The Balaban J connectivity index is 2.56. The van der Waals surface area contributed by atoms with E-state index in [-0.39, 0.29) is 23.8 Å². The molecule has 3 N–H and O–H groups in total. The Labute approximate surface area is 162 Å². The third kappa shape index (κ3) is 5.09. The zero-order chi connectivity index (χ0) is 19.3. The molecule has 1 aromatic heterocycles. The zero-order valence-corrected chi connectivity index (χ0v) is 16.0. The van der Waals surface area contributed by atoms with Crippen LogP contribution in [0.1, 0.15) is 27.6 Å². The molecule has 140 valence electrons. The lowest BCUT2D eigenvalue weighted by Gasteiger charge is -2.16. The maximum Gasteiger partial charge on any atom is 0.355 e. The molecule has 1 aromatic carbocycles. The minimum Gasteiger partial charge on any atom is -0.481 e. The van der Waals surface area contributed by atoms with Crippen LogP contribution in [0.3, 0.4) is 0 Å². The highest BCUT2D eigenvalue weighted by molar-refractivity contribution is 8.16.